The van der Waals surface area contributed by atoms with Gasteiger partial charge in [0.25, 0.3) is 17.7 Å². The van der Waals surface area contributed by atoms with Gasteiger partial charge in [0.1, 0.15) is 6.54 Å². The number of hydrogen-bond acceptors (Lipinski definition) is 5. The summed E-state index contributed by atoms with van der Waals surface area (Å²) in [5.74, 6) is -1.92. The summed E-state index contributed by atoms with van der Waals surface area (Å²) in [6.45, 7) is 4.95. The van der Waals surface area contributed by atoms with Gasteiger partial charge in [0, 0.05) is 46.8 Å². The number of carbonyl (C=O) groups is 4. The molecule has 272 valence electrons. The third-order valence-electron chi connectivity index (χ3n) is 8.93. The first-order valence-corrected chi connectivity index (χ1v) is 17.8. The second-order valence-electron chi connectivity index (χ2n) is 13.5. The third-order valence-corrected chi connectivity index (χ3v) is 8.93. The number of benzene rings is 6. The maximum absolute atomic E-state index is 14.3. The standard InChI is InChI=1S/C45H42N4O5/c1-31(2)29-48(40-22-16-35(17-23-40)43(52)47-28-42(50)51)44(53)37-18-24-41(25-19-37)49(30-33-12-13-34-10-6-7-11-38(34)26-33)45(54)36-14-20-39(21-15-36)46-27-32-8-4-3-5-9-32/h3-26,31,46H,27-30H2,1-2H3,(H,47,52)(H,50,51). The van der Waals surface area contributed by atoms with Gasteiger partial charge >= 0.3 is 5.97 Å². The number of fused-ring (bicyclic) bond motifs is 1. The number of anilines is 3. The van der Waals surface area contributed by atoms with Gasteiger partial charge in [-0.15, -0.1) is 0 Å². The minimum Gasteiger partial charge on any atom is -0.480 e. The molecule has 0 aliphatic rings. The summed E-state index contributed by atoms with van der Waals surface area (Å²) in [6.07, 6.45) is 0. The molecule has 0 saturated carbocycles. The highest BCUT2D eigenvalue weighted by Gasteiger charge is 2.22. The highest BCUT2D eigenvalue weighted by molar-refractivity contribution is 6.08. The van der Waals surface area contributed by atoms with Crippen LogP contribution in [0.5, 0.6) is 0 Å². The Morgan fingerprint density at radius 3 is 1.78 bits per heavy atom. The van der Waals surface area contributed by atoms with Crippen molar-refractivity contribution in [3.63, 3.8) is 0 Å². The number of nitrogens with zero attached hydrogens (tertiary/aromatic N) is 2. The number of carboxylic acids is 1. The minimum atomic E-state index is -1.14. The number of aliphatic carboxylic acids is 1. The van der Waals surface area contributed by atoms with E-state index < -0.39 is 18.4 Å². The van der Waals surface area contributed by atoms with E-state index in [1.807, 2.05) is 74.5 Å². The number of nitrogens with one attached hydrogen (secondary N) is 2. The fourth-order valence-corrected chi connectivity index (χ4v) is 6.15. The van der Waals surface area contributed by atoms with Crippen LogP contribution in [-0.2, 0) is 17.9 Å². The molecule has 6 rings (SSSR count). The zero-order valence-corrected chi connectivity index (χ0v) is 30.2. The molecule has 6 aromatic carbocycles. The lowest BCUT2D eigenvalue weighted by Gasteiger charge is -2.26. The monoisotopic (exact) mass is 718 g/mol. The van der Waals surface area contributed by atoms with Crippen molar-refractivity contribution >= 4 is 51.5 Å². The predicted octanol–water partition coefficient (Wildman–Crippen LogP) is 8.42. The van der Waals surface area contributed by atoms with Crippen LogP contribution in [-0.4, -0.2) is 41.9 Å². The largest absolute Gasteiger partial charge is 0.480 e. The van der Waals surface area contributed by atoms with E-state index in [4.69, 9.17) is 5.11 Å². The Morgan fingerprint density at radius 2 is 1.15 bits per heavy atom. The van der Waals surface area contributed by atoms with E-state index in [0.29, 0.717) is 42.1 Å². The van der Waals surface area contributed by atoms with Crippen molar-refractivity contribution in [1.82, 2.24) is 5.32 Å². The van der Waals surface area contributed by atoms with Crippen LogP contribution in [0, 0.1) is 5.92 Å². The summed E-state index contributed by atoms with van der Waals surface area (Å²) < 4.78 is 0. The van der Waals surface area contributed by atoms with Crippen molar-refractivity contribution in [1.29, 1.82) is 0 Å². The van der Waals surface area contributed by atoms with Crippen LogP contribution < -0.4 is 20.4 Å². The van der Waals surface area contributed by atoms with Gasteiger partial charge in [0.05, 0.1) is 6.54 Å². The van der Waals surface area contributed by atoms with Crippen LogP contribution in [0.1, 0.15) is 56.0 Å². The number of carbonyl (C=O) groups excluding carboxylic acids is 3. The highest BCUT2D eigenvalue weighted by Crippen LogP contribution is 2.26. The van der Waals surface area contributed by atoms with E-state index >= 15 is 0 Å². The van der Waals surface area contributed by atoms with Gasteiger partial charge in [-0.25, -0.2) is 0 Å². The Labute approximate surface area is 314 Å². The fraction of sp³-hybridized carbons (Fsp3) is 0.156. The third kappa shape index (κ3) is 9.37. The number of rotatable bonds is 14. The lowest BCUT2D eigenvalue weighted by atomic mass is 10.1. The van der Waals surface area contributed by atoms with Gasteiger partial charge in [-0.05, 0) is 107 Å². The van der Waals surface area contributed by atoms with Crippen LogP contribution in [0.2, 0.25) is 0 Å². The van der Waals surface area contributed by atoms with Crippen LogP contribution in [0.15, 0.2) is 146 Å². The summed E-state index contributed by atoms with van der Waals surface area (Å²) in [4.78, 5) is 54.9. The molecule has 0 aromatic heterocycles. The normalized spacial score (nSPS) is 10.9. The molecule has 0 heterocycles. The van der Waals surface area contributed by atoms with Crippen molar-refractivity contribution in [2.75, 3.05) is 28.2 Å². The van der Waals surface area contributed by atoms with E-state index in [-0.39, 0.29) is 23.3 Å². The molecule has 6 aromatic rings. The van der Waals surface area contributed by atoms with Crippen LogP contribution >= 0.6 is 0 Å². The smallest absolute Gasteiger partial charge is 0.322 e. The van der Waals surface area contributed by atoms with Crippen molar-refractivity contribution in [3.8, 4) is 0 Å². The number of amides is 3. The average molecular weight is 719 g/mol. The maximum atomic E-state index is 14.3. The highest BCUT2D eigenvalue weighted by atomic mass is 16.4. The van der Waals surface area contributed by atoms with E-state index in [0.717, 1.165) is 27.6 Å². The SMILES string of the molecule is CC(C)CN(C(=O)c1ccc(N(Cc2ccc3ccccc3c2)C(=O)c2ccc(NCc3ccccc3)cc2)cc1)c1ccc(C(=O)NCC(=O)O)cc1. The Hall–Kier alpha value is -6.74. The molecule has 0 aliphatic heterocycles. The summed E-state index contributed by atoms with van der Waals surface area (Å²) in [6, 6.07) is 45.4. The van der Waals surface area contributed by atoms with Crippen LogP contribution in [0.4, 0.5) is 17.1 Å². The first-order valence-electron chi connectivity index (χ1n) is 17.8. The average Bonchev–Trinajstić information content (AvgIpc) is 3.20. The Bertz CT molecular complexity index is 2240. The molecule has 54 heavy (non-hydrogen) atoms. The molecule has 9 heteroatoms. The maximum Gasteiger partial charge on any atom is 0.322 e. The van der Waals surface area contributed by atoms with E-state index in [1.54, 1.807) is 58.3 Å². The lowest BCUT2D eigenvalue weighted by Crippen LogP contribution is -2.34. The second-order valence-corrected chi connectivity index (χ2v) is 13.5. The van der Waals surface area contributed by atoms with Gasteiger partial charge in [0.15, 0.2) is 0 Å². The summed E-state index contributed by atoms with van der Waals surface area (Å²) in [7, 11) is 0. The molecule has 0 unspecified atom stereocenters. The molecule has 3 N–H and O–H groups in total. The zero-order valence-electron chi connectivity index (χ0n) is 30.2. The molecule has 0 spiro atoms. The zero-order chi connectivity index (χ0) is 38.0. The first-order chi connectivity index (χ1) is 26.1. The molecule has 0 radical (unpaired) electrons. The Balaban J connectivity index is 1.25. The van der Waals surface area contributed by atoms with Gasteiger partial charge in [-0.2, -0.15) is 0 Å². The molecule has 0 saturated heterocycles. The molecular weight excluding hydrogens is 677 g/mol. The summed E-state index contributed by atoms with van der Waals surface area (Å²) >= 11 is 0. The number of hydrogen-bond donors (Lipinski definition) is 3. The van der Waals surface area contributed by atoms with E-state index in [2.05, 4.69) is 47.0 Å². The topological polar surface area (TPSA) is 119 Å². The van der Waals surface area contributed by atoms with Crippen molar-refractivity contribution in [3.05, 3.63) is 173 Å². The fourth-order valence-electron chi connectivity index (χ4n) is 6.15. The molecule has 3 amide bonds. The predicted molar refractivity (Wildman–Crippen MR) is 214 cm³/mol. The van der Waals surface area contributed by atoms with Gasteiger partial charge in [0.2, 0.25) is 0 Å². The molecule has 0 atom stereocenters. The Morgan fingerprint density at radius 1 is 0.593 bits per heavy atom. The molecule has 0 fully saturated rings. The lowest BCUT2D eigenvalue weighted by molar-refractivity contribution is -0.135. The van der Waals surface area contributed by atoms with Gasteiger partial charge in [-0.3, -0.25) is 19.2 Å². The molecule has 0 aliphatic carbocycles. The molecular formula is C45H42N4O5. The number of carboxylic acid groups (broad SMARTS) is 1. The second kappa shape index (κ2) is 17.2. The van der Waals surface area contributed by atoms with Crippen molar-refractivity contribution < 1.29 is 24.3 Å². The van der Waals surface area contributed by atoms with Crippen LogP contribution in [0.3, 0.4) is 0 Å². The summed E-state index contributed by atoms with van der Waals surface area (Å²) in [5.41, 5.74) is 5.53. The first kappa shape index (κ1) is 37.0. The van der Waals surface area contributed by atoms with E-state index in [9.17, 15) is 19.2 Å². The quantitative estimate of drug-likeness (QED) is 0.104. The van der Waals surface area contributed by atoms with Gasteiger partial charge in [-0.1, -0.05) is 80.6 Å². The Kier molecular flexibility index (Phi) is 11.8. The van der Waals surface area contributed by atoms with Crippen molar-refractivity contribution in [2.45, 2.75) is 26.9 Å². The van der Waals surface area contributed by atoms with Gasteiger partial charge < -0.3 is 25.5 Å². The minimum absolute atomic E-state index is 0.141. The molecule has 0 bridgehead atoms. The summed E-state index contributed by atoms with van der Waals surface area (Å²) in [5, 5.41) is 16.8. The van der Waals surface area contributed by atoms with Crippen molar-refractivity contribution in [2.24, 2.45) is 5.92 Å². The van der Waals surface area contributed by atoms with E-state index in [1.165, 1.54) is 0 Å². The molecule has 9 nitrogen and oxygen atoms in total. The van der Waals surface area contributed by atoms with Crippen LogP contribution in [0.25, 0.3) is 10.8 Å².